The van der Waals surface area contributed by atoms with Gasteiger partial charge in [-0.1, -0.05) is 23.2 Å². The van der Waals surface area contributed by atoms with Gasteiger partial charge in [0.2, 0.25) is 5.78 Å². The van der Waals surface area contributed by atoms with E-state index >= 15 is 0 Å². The van der Waals surface area contributed by atoms with Crippen LogP contribution in [-0.2, 0) is 0 Å². The van der Waals surface area contributed by atoms with Crippen LogP contribution in [0.4, 0.5) is 8.78 Å². The maximum atomic E-state index is 13.8. The summed E-state index contributed by atoms with van der Waals surface area (Å²) in [4.78, 5) is 12.0. The molecule has 0 saturated carbocycles. The smallest absolute Gasteiger partial charge is 0.201 e. The molecular formula is C11H3BrCl2F2OS. The fourth-order valence-corrected chi connectivity index (χ4v) is 3.15. The first-order valence-corrected chi connectivity index (χ1v) is 6.91. The third-order valence-corrected chi connectivity index (χ3v) is 4.27. The summed E-state index contributed by atoms with van der Waals surface area (Å²) < 4.78 is 27.7. The number of thiophene rings is 1. The summed E-state index contributed by atoms with van der Waals surface area (Å²) in [5, 5.41) is 0. The zero-order valence-electron chi connectivity index (χ0n) is 8.44. The Kier molecular flexibility index (Phi) is 4.06. The molecule has 0 fully saturated rings. The van der Waals surface area contributed by atoms with Crippen LogP contribution in [0.25, 0.3) is 0 Å². The Bertz CT molecular complexity index is 642. The minimum atomic E-state index is -0.960. The summed E-state index contributed by atoms with van der Waals surface area (Å²) in [7, 11) is 0. The van der Waals surface area contributed by atoms with Crippen LogP contribution < -0.4 is 0 Å². The molecule has 0 atom stereocenters. The maximum Gasteiger partial charge on any atom is 0.201 e. The number of carbonyl (C=O) groups excluding carboxylic acids is 1. The van der Waals surface area contributed by atoms with E-state index in [2.05, 4.69) is 15.9 Å². The van der Waals surface area contributed by atoms with E-state index in [1.807, 2.05) is 0 Å². The van der Waals surface area contributed by atoms with E-state index in [4.69, 9.17) is 23.2 Å². The molecule has 0 radical (unpaired) electrons. The van der Waals surface area contributed by atoms with E-state index in [1.165, 1.54) is 12.1 Å². The summed E-state index contributed by atoms with van der Waals surface area (Å²) in [5.41, 5.74) is -0.664. The normalized spacial score (nSPS) is 10.7. The Morgan fingerprint density at radius 3 is 2.50 bits per heavy atom. The Balaban J connectivity index is 2.60. The molecule has 94 valence electrons. The van der Waals surface area contributed by atoms with Gasteiger partial charge in [-0.25, -0.2) is 8.78 Å². The second kappa shape index (κ2) is 5.25. The first-order valence-electron chi connectivity index (χ1n) is 4.55. The van der Waals surface area contributed by atoms with E-state index in [1.54, 1.807) is 0 Å². The van der Waals surface area contributed by atoms with Crippen LogP contribution in [0.5, 0.6) is 0 Å². The zero-order chi connectivity index (χ0) is 13.4. The van der Waals surface area contributed by atoms with Gasteiger partial charge in [-0.05, 0) is 34.1 Å². The number of halogens is 5. The molecule has 0 aliphatic heterocycles. The molecule has 0 aliphatic carbocycles. The van der Waals surface area contributed by atoms with Crippen molar-refractivity contribution in [1.82, 2.24) is 0 Å². The van der Waals surface area contributed by atoms with Gasteiger partial charge in [0.1, 0.15) is 10.2 Å². The molecule has 0 aliphatic rings. The maximum absolute atomic E-state index is 13.8. The van der Waals surface area contributed by atoms with Crippen molar-refractivity contribution < 1.29 is 13.6 Å². The van der Waals surface area contributed by atoms with Gasteiger partial charge < -0.3 is 0 Å². The van der Waals surface area contributed by atoms with Crippen molar-refractivity contribution in [2.24, 2.45) is 0 Å². The van der Waals surface area contributed by atoms with Crippen LogP contribution in [0.3, 0.4) is 0 Å². The van der Waals surface area contributed by atoms with E-state index in [0.29, 0.717) is 0 Å². The zero-order valence-corrected chi connectivity index (χ0v) is 12.4. The van der Waals surface area contributed by atoms with Gasteiger partial charge in [-0.15, -0.1) is 11.3 Å². The molecule has 0 bridgehead atoms. The largest absolute Gasteiger partial charge is 0.288 e. The topological polar surface area (TPSA) is 17.1 Å². The quantitative estimate of drug-likeness (QED) is 0.515. The monoisotopic (exact) mass is 370 g/mol. The van der Waals surface area contributed by atoms with E-state index in [0.717, 1.165) is 17.4 Å². The van der Waals surface area contributed by atoms with Gasteiger partial charge in [-0.3, -0.25) is 4.79 Å². The Hall–Kier alpha value is -0.490. The van der Waals surface area contributed by atoms with Crippen molar-refractivity contribution in [1.29, 1.82) is 0 Å². The first-order chi connectivity index (χ1) is 8.41. The molecule has 18 heavy (non-hydrogen) atoms. The van der Waals surface area contributed by atoms with Gasteiger partial charge >= 0.3 is 0 Å². The lowest BCUT2D eigenvalue weighted by Crippen LogP contribution is -2.07. The van der Waals surface area contributed by atoms with E-state index < -0.39 is 23.0 Å². The van der Waals surface area contributed by atoms with Crippen molar-refractivity contribution in [3.05, 3.63) is 54.1 Å². The molecule has 1 aromatic carbocycles. The summed E-state index contributed by atoms with van der Waals surface area (Å²) in [5.74, 6) is -2.74. The fraction of sp³-hybridized carbons (Fsp3) is 0. The molecule has 0 N–H and O–H groups in total. The average Bonchev–Trinajstić information content (AvgIpc) is 2.63. The third kappa shape index (κ3) is 2.45. The van der Waals surface area contributed by atoms with Crippen molar-refractivity contribution in [3.8, 4) is 0 Å². The molecule has 0 saturated heterocycles. The van der Waals surface area contributed by atoms with Gasteiger partial charge in [-0.2, -0.15) is 0 Å². The van der Waals surface area contributed by atoms with Gasteiger partial charge in [0.05, 0.1) is 19.9 Å². The van der Waals surface area contributed by atoms with Crippen molar-refractivity contribution in [3.63, 3.8) is 0 Å². The Labute approximate surface area is 123 Å². The number of rotatable bonds is 2. The SMILES string of the molecule is O=C(c1cc(Cl)sc1Cl)c1c(F)ccc(Br)c1F. The Morgan fingerprint density at radius 2 is 1.94 bits per heavy atom. The van der Waals surface area contributed by atoms with Gasteiger partial charge in [0, 0.05) is 0 Å². The second-order valence-electron chi connectivity index (χ2n) is 3.29. The highest BCUT2D eigenvalue weighted by Crippen LogP contribution is 2.34. The predicted octanol–water partition coefficient (Wildman–Crippen LogP) is 5.33. The second-order valence-corrected chi connectivity index (χ2v) is 6.43. The number of benzene rings is 1. The van der Waals surface area contributed by atoms with Crippen LogP contribution >= 0.6 is 50.5 Å². The summed E-state index contributed by atoms with van der Waals surface area (Å²) in [6, 6.07) is 3.47. The van der Waals surface area contributed by atoms with Gasteiger partial charge in [0.25, 0.3) is 0 Å². The lowest BCUT2D eigenvalue weighted by molar-refractivity contribution is 0.103. The number of ketones is 1. The van der Waals surface area contributed by atoms with Gasteiger partial charge in [0.15, 0.2) is 5.82 Å². The third-order valence-electron chi connectivity index (χ3n) is 2.17. The molecule has 0 amide bonds. The fourth-order valence-electron chi connectivity index (χ4n) is 1.36. The molecule has 0 unspecified atom stereocenters. The number of hydrogen-bond donors (Lipinski definition) is 0. The standard InChI is InChI=1S/C11H3BrCl2F2OS/c12-5-1-2-6(15)8(9(5)16)10(17)4-3-7(13)18-11(4)14/h1-3H. The number of carbonyl (C=O) groups is 1. The minimum absolute atomic E-state index is 0.00435. The first kappa shape index (κ1) is 13.9. The lowest BCUT2D eigenvalue weighted by Gasteiger charge is -2.04. The van der Waals surface area contributed by atoms with E-state index in [-0.39, 0.29) is 18.7 Å². The minimum Gasteiger partial charge on any atom is -0.288 e. The van der Waals surface area contributed by atoms with Crippen LogP contribution in [0.1, 0.15) is 15.9 Å². The Morgan fingerprint density at radius 1 is 1.28 bits per heavy atom. The van der Waals surface area contributed by atoms with Crippen molar-refractivity contribution in [2.45, 2.75) is 0 Å². The molecule has 1 nitrogen and oxygen atoms in total. The molecule has 0 spiro atoms. The molecule has 1 aromatic heterocycles. The van der Waals surface area contributed by atoms with Crippen LogP contribution in [0, 0.1) is 11.6 Å². The molecular weight excluding hydrogens is 369 g/mol. The highest BCUT2D eigenvalue weighted by atomic mass is 79.9. The highest BCUT2D eigenvalue weighted by molar-refractivity contribution is 9.10. The summed E-state index contributed by atoms with van der Waals surface area (Å²) >= 11 is 15.3. The van der Waals surface area contributed by atoms with Crippen molar-refractivity contribution in [2.75, 3.05) is 0 Å². The number of hydrogen-bond acceptors (Lipinski definition) is 2. The molecule has 2 aromatic rings. The van der Waals surface area contributed by atoms with Crippen LogP contribution in [0.2, 0.25) is 8.67 Å². The molecule has 7 heteroatoms. The van der Waals surface area contributed by atoms with Crippen LogP contribution in [-0.4, -0.2) is 5.78 Å². The molecule has 1 heterocycles. The predicted molar refractivity (Wildman–Crippen MR) is 71.8 cm³/mol. The molecule has 2 rings (SSSR count). The summed E-state index contributed by atoms with van der Waals surface area (Å²) in [6.45, 7) is 0. The van der Waals surface area contributed by atoms with Crippen LogP contribution in [0.15, 0.2) is 22.7 Å². The average molecular weight is 372 g/mol. The summed E-state index contributed by atoms with van der Waals surface area (Å²) in [6.07, 6.45) is 0. The van der Waals surface area contributed by atoms with E-state index in [9.17, 15) is 13.6 Å². The lowest BCUT2D eigenvalue weighted by atomic mass is 10.1. The highest BCUT2D eigenvalue weighted by Gasteiger charge is 2.24. The van der Waals surface area contributed by atoms with Crippen molar-refractivity contribution >= 4 is 56.3 Å².